The van der Waals surface area contributed by atoms with E-state index in [1.54, 1.807) is 13.2 Å². The molecule has 1 N–H and O–H groups in total. The molecule has 2 saturated heterocycles. The van der Waals surface area contributed by atoms with Gasteiger partial charge in [0, 0.05) is 13.7 Å². The predicted molar refractivity (Wildman–Crippen MR) is 87.3 cm³/mol. The second kappa shape index (κ2) is 6.92. The molecule has 1 aromatic rings. The number of fused-ring (bicyclic) bond motifs is 1. The summed E-state index contributed by atoms with van der Waals surface area (Å²) >= 11 is 0. The molecule has 2 fully saturated rings. The van der Waals surface area contributed by atoms with Crippen LogP contribution in [0.5, 0.6) is 0 Å². The average molecular weight is 335 g/mol. The Hall–Kier alpha value is -1.28. The van der Waals surface area contributed by atoms with Crippen molar-refractivity contribution in [2.45, 2.75) is 56.8 Å². The Morgan fingerprint density at radius 2 is 1.96 bits per heavy atom. The lowest BCUT2D eigenvalue weighted by Crippen LogP contribution is -2.46. The maximum Gasteiger partial charge on any atom is 0.186 e. The first kappa shape index (κ1) is 17.5. The van der Waals surface area contributed by atoms with Crippen molar-refractivity contribution in [3.8, 4) is 0 Å². The molecule has 2 heterocycles. The Balaban J connectivity index is 1.76. The van der Waals surface area contributed by atoms with E-state index in [1.807, 2.05) is 44.2 Å². The number of hydrogen-bond donors (Lipinski definition) is 1. The second-order valence-corrected chi connectivity index (χ2v) is 6.58. The van der Waals surface area contributed by atoms with Gasteiger partial charge in [0.2, 0.25) is 0 Å². The van der Waals surface area contributed by atoms with Gasteiger partial charge in [-0.2, -0.15) is 5.06 Å². The first-order valence-corrected chi connectivity index (χ1v) is 8.11. The summed E-state index contributed by atoms with van der Waals surface area (Å²) in [4.78, 5) is 0. The van der Waals surface area contributed by atoms with Crippen molar-refractivity contribution in [1.82, 2.24) is 5.06 Å². The molecule has 0 saturated carbocycles. The Morgan fingerprint density at radius 1 is 1.29 bits per heavy atom. The molecule has 24 heavy (non-hydrogen) atoms. The number of benzene rings is 1. The number of nitrogens with zero attached hydrogens (tertiary/aromatic N) is 1. The van der Waals surface area contributed by atoms with Gasteiger partial charge in [-0.15, -0.1) is 6.58 Å². The van der Waals surface area contributed by atoms with Crippen LogP contribution in [0.3, 0.4) is 0 Å². The summed E-state index contributed by atoms with van der Waals surface area (Å²) in [6, 6.07) is 9.28. The van der Waals surface area contributed by atoms with Crippen molar-refractivity contribution in [3.63, 3.8) is 0 Å². The third kappa shape index (κ3) is 3.39. The van der Waals surface area contributed by atoms with Crippen molar-refractivity contribution < 1.29 is 24.2 Å². The number of rotatable bonds is 6. The normalized spacial score (nSPS) is 32.7. The van der Waals surface area contributed by atoms with Crippen LogP contribution in [-0.4, -0.2) is 53.8 Å². The quantitative estimate of drug-likeness (QED) is 0.636. The van der Waals surface area contributed by atoms with Gasteiger partial charge in [-0.1, -0.05) is 36.4 Å². The second-order valence-electron chi connectivity index (χ2n) is 6.58. The Bertz CT molecular complexity index is 564. The fraction of sp³-hybridized carbons (Fsp3) is 0.556. The maximum atomic E-state index is 10.6. The molecule has 0 aliphatic carbocycles. The van der Waals surface area contributed by atoms with Crippen molar-refractivity contribution >= 4 is 0 Å². The summed E-state index contributed by atoms with van der Waals surface area (Å²) < 4.78 is 23.2. The molecule has 0 bridgehead atoms. The monoisotopic (exact) mass is 335 g/mol. The molecular weight excluding hydrogens is 310 g/mol. The van der Waals surface area contributed by atoms with Crippen LogP contribution in [0.15, 0.2) is 43.0 Å². The minimum atomic E-state index is -0.709. The molecular formula is C18H25NO5. The standard InChI is InChI=1S/C18H25NO5/c1-5-13(19(20)11-12-9-7-6-8-10-12)14-15-16(17(21-4)22-14)24-18(2,3)23-15/h5-10,13-17,20H,1,11H2,2-4H3/t13-,14+,15+,16+,17+/m1/s1. The van der Waals surface area contributed by atoms with Crippen LogP contribution in [0.2, 0.25) is 0 Å². The summed E-state index contributed by atoms with van der Waals surface area (Å²) in [5, 5.41) is 11.8. The highest BCUT2D eigenvalue weighted by Gasteiger charge is 2.57. The lowest BCUT2D eigenvalue weighted by Gasteiger charge is -2.31. The highest BCUT2D eigenvalue weighted by molar-refractivity contribution is 5.15. The molecule has 0 spiro atoms. The number of methoxy groups -OCH3 is 1. The van der Waals surface area contributed by atoms with Crippen molar-refractivity contribution in [1.29, 1.82) is 0 Å². The van der Waals surface area contributed by atoms with E-state index in [1.165, 1.54) is 5.06 Å². The van der Waals surface area contributed by atoms with Crippen LogP contribution in [0.4, 0.5) is 0 Å². The topological polar surface area (TPSA) is 60.4 Å². The smallest absolute Gasteiger partial charge is 0.186 e. The zero-order valence-electron chi connectivity index (χ0n) is 14.3. The summed E-state index contributed by atoms with van der Waals surface area (Å²) in [5.74, 6) is -0.709. The van der Waals surface area contributed by atoms with Gasteiger partial charge in [-0.05, 0) is 19.4 Å². The van der Waals surface area contributed by atoms with Gasteiger partial charge in [-0.25, -0.2) is 0 Å². The van der Waals surface area contributed by atoms with E-state index in [0.717, 1.165) is 5.56 Å². The predicted octanol–water partition coefficient (Wildman–Crippen LogP) is 2.32. The molecule has 2 aliphatic rings. The number of hydroxylamine groups is 2. The first-order chi connectivity index (χ1) is 11.4. The Labute approximate surface area is 142 Å². The maximum absolute atomic E-state index is 10.6. The lowest BCUT2D eigenvalue weighted by atomic mass is 10.0. The number of hydrogen-bond acceptors (Lipinski definition) is 6. The molecule has 6 nitrogen and oxygen atoms in total. The van der Waals surface area contributed by atoms with Gasteiger partial charge in [0.15, 0.2) is 12.1 Å². The van der Waals surface area contributed by atoms with Gasteiger partial charge < -0.3 is 24.2 Å². The zero-order chi connectivity index (χ0) is 17.3. The highest BCUT2D eigenvalue weighted by Crippen LogP contribution is 2.40. The Kier molecular flexibility index (Phi) is 5.05. The first-order valence-electron chi connectivity index (χ1n) is 8.11. The highest BCUT2D eigenvalue weighted by atomic mass is 16.8. The number of ether oxygens (including phenoxy) is 4. The SMILES string of the molecule is C=C[C@H]([C@@H]1O[C@H](OC)[C@H]2OC(C)(C)O[C@H]21)N(O)Cc1ccccc1. The molecule has 0 unspecified atom stereocenters. The average Bonchev–Trinajstić information content (AvgIpc) is 3.03. The van der Waals surface area contributed by atoms with E-state index in [4.69, 9.17) is 18.9 Å². The fourth-order valence-corrected chi connectivity index (χ4v) is 3.36. The van der Waals surface area contributed by atoms with Crippen LogP contribution in [0, 0.1) is 0 Å². The van der Waals surface area contributed by atoms with E-state index in [2.05, 4.69) is 6.58 Å². The van der Waals surface area contributed by atoms with E-state index in [-0.39, 0.29) is 12.2 Å². The summed E-state index contributed by atoms with van der Waals surface area (Å²) in [6.45, 7) is 7.93. The van der Waals surface area contributed by atoms with Gasteiger partial charge >= 0.3 is 0 Å². The van der Waals surface area contributed by atoms with Crippen molar-refractivity contribution in [2.24, 2.45) is 0 Å². The van der Waals surface area contributed by atoms with E-state index < -0.39 is 24.2 Å². The molecule has 5 atom stereocenters. The molecule has 2 aliphatic heterocycles. The van der Waals surface area contributed by atoms with Gasteiger partial charge in [-0.3, -0.25) is 0 Å². The molecule has 1 aromatic carbocycles. The van der Waals surface area contributed by atoms with Crippen LogP contribution in [-0.2, 0) is 25.5 Å². The Morgan fingerprint density at radius 3 is 2.58 bits per heavy atom. The minimum absolute atomic E-state index is 0.331. The molecule has 0 radical (unpaired) electrons. The summed E-state index contributed by atoms with van der Waals surface area (Å²) in [5.41, 5.74) is 0.994. The van der Waals surface area contributed by atoms with Crippen molar-refractivity contribution in [3.05, 3.63) is 48.6 Å². The van der Waals surface area contributed by atoms with Gasteiger partial charge in [0.25, 0.3) is 0 Å². The molecule has 3 rings (SSSR count). The van der Waals surface area contributed by atoms with Crippen molar-refractivity contribution in [2.75, 3.05) is 7.11 Å². The fourth-order valence-electron chi connectivity index (χ4n) is 3.36. The van der Waals surface area contributed by atoms with E-state index in [9.17, 15) is 5.21 Å². The van der Waals surface area contributed by atoms with Gasteiger partial charge in [0.05, 0.1) is 6.04 Å². The van der Waals surface area contributed by atoms with Crippen LogP contribution >= 0.6 is 0 Å². The van der Waals surface area contributed by atoms with Crippen LogP contribution < -0.4 is 0 Å². The van der Waals surface area contributed by atoms with E-state index >= 15 is 0 Å². The zero-order valence-corrected chi connectivity index (χ0v) is 14.3. The molecule has 0 aromatic heterocycles. The summed E-state index contributed by atoms with van der Waals surface area (Å²) in [7, 11) is 1.57. The molecule has 132 valence electrons. The van der Waals surface area contributed by atoms with Crippen LogP contribution in [0.25, 0.3) is 0 Å². The third-order valence-electron chi connectivity index (χ3n) is 4.39. The van der Waals surface area contributed by atoms with Crippen LogP contribution in [0.1, 0.15) is 19.4 Å². The lowest BCUT2D eigenvalue weighted by molar-refractivity contribution is -0.244. The van der Waals surface area contributed by atoms with E-state index in [0.29, 0.717) is 6.54 Å². The summed E-state index contributed by atoms with van der Waals surface area (Å²) in [6.07, 6.45) is 0.0282. The molecule has 0 amide bonds. The minimum Gasteiger partial charge on any atom is -0.353 e. The molecule has 6 heteroatoms. The third-order valence-corrected chi connectivity index (χ3v) is 4.39. The largest absolute Gasteiger partial charge is 0.353 e. The van der Waals surface area contributed by atoms with Gasteiger partial charge in [0.1, 0.15) is 18.3 Å².